The number of rotatable bonds is 4. The molecule has 0 saturated carbocycles. The summed E-state index contributed by atoms with van der Waals surface area (Å²) in [5.74, 6) is -0.381. The summed E-state index contributed by atoms with van der Waals surface area (Å²) in [7, 11) is 3.11. The molecule has 1 aliphatic heterocycles. The van der Waals surface area contributed by atoms with Gasteiger partial charge in [-0.15, -0.1) is 11.3 Å². The maximum absolute atomic E-state index is 11.4. The first-order valence-corrected chi connectivity index (χ1v) is 6.90. The van der Waals surface area contributed by atoms with Crippen molar-refractivity contribution in [1.82, 2.24) is 4.98 Å². The zero-order valence-corrected chi connectivity index (χ0v) is 11.7. The molecule has 100 valence electrons. The minimum Gasteiger partial charge on any atom is -0.464 e. The van der Waals surface area contributed by atoms with Crippen molar-refractivity contribution in [3.05, 3.63) is 11.1 Å². The average Bonchev–Trinajstić information content (AvgIpc) is 3.03. The fourth-order valence-corrected chi connectivity index (χ4v) is 3.14. The van der Waals surface area contributed by atoms with Crippen LogP contribution in [-0.4, -0.2) is 43.9 Å². The van der Waals surface area contributed by atoms with Gasteiger partial charge in [0.2, 0.25) is 0 Å². The number of carbonyl (C=O) groups excluding carboxylic acids is 1. The van der Waals surface area contributed by atoms with Gasteiger partial charge in [-0.05, 0) is 12.8 Å². The van der Waals surface area contributed by atoms with Crippen LogP contribution in [0.3, 0.4) is 0 Å². The topological polar surface area (TPSA) is 51.7 Å². The Labute approximate surface area is 111 Å². The van der Waals surface area contributed by atoms with Crippen molar-refractivity contribution >= 4 is 22.4 Å². The number of ether oxygens (including phenoxy) is 2. The molecule has 0 radical (unpaired) electrons. The lowest BCUT2D eigenvalue weighted by Gasteiger charge is -2.22. The van der Waals surface area contributed by atoms with Gasteiger partial charge in [-0.3, -0.25) is 0 Å². The molecule has 0 unspecified atom stereocenters. The maximum Gasteiger partial charge on any atom is 0.357 e. The second kappa shape index (κ2) is 5.67. The number of carbonyl (C=O) groups is 1. The molecular formula is C12H18N2O3S. The SMILES string of the molecule is CC[C@H]1C[C@H](OC)CN1c1nc(C(=O)OC)cs1. The van der Waals surface area contributed by atoms with Crippen LogP contribution in [-0.2, 0) is 9.47 Å². The van der Waals surface area contributed by atoms with Crippen molar-refractivity contribution in [3.63, 3.8) is 0 Å². The van der Waals surface area contributed by atoms with Gasteiger partial charge in [0.15, 0.2) is 10.8 Å². The van der Waals surface area contributed by atoms with E-state index in [-0.39, 0.29) is 12.1 Å². The van der Waals surface area contributed by atoms with E-state index in [1.54, 1.807) is 12.5 Å². The number of hydrogen-bond donors (Lipinski definition) is 0. The molecule has 0 aliphatic carbocycles. The molecule has 1 fully saturated rings. The number of nitrogens with zero attached hydrogens (tertiary/aromatic N) is 2. The Hall–Kier alpha value is -1.14. The monoisotopic (exact) mass is 270 g/mol. The van der Waals surface area contributed by atoms with E-state index in [2.05, 4.69) is 21.5 Å². The summed E-state index contributed by atoms with van der Waals surface area (Å²) in [6, 6.07) is 0.437. The second-order valence-corrected chi connectivity index (χ2v) is 5.15. The average molecular weight is 270 g/mol. The van der Waals surface area contributed by atoms with Gasteiger partial charge in [-0.1, -0.05) is 6.92 Å². The molecule has 2 heterocycles. The lowest BCUT2D eigenvalue weighted by molar-refractivity contribution is 0.0595. The van der Waals surface area contributed by atoms with E-state index in [0.717, 1.165) is 24.5 Å². The van der Waals surface area contributed by atoms with Gasteiger partial charge in [0.05, 0.1) is 13.2 Å². The van der Waals surface area contributed by atoms with E-state index in [1.165, 1.54) is 18.4 Å². The van der Waals surface area contributed by atoms with Crippen LogP contribution in [0.2, 0.25) is 0 Å². The van der Waals surface area contributed by atoms with E-state index in [9.17, 15) is 4.79 Å². The zero-order chi connectivity index (χ0) is 13.1. The Balaban J connectivity index is 2.15. The van der Waals surface area contributed by atoms with Crippen molar-refractivity contribution in [3.8, 4) is 0 Å². The third-order valence-corrected chi connectivity index (χ3v) is 4.19. The lowest BCUT2D eigenvalue weighted by Crippen LogP contribution is -2.29. The molecule has 18 heavy (non-hydrogen) atoms. The third-order valence-electron chi connectivity index (χ3n) is 3.31. The van der Waals surface area contributed by atoms with E-state index in [4.69, 9.17) is 4.74 Å². The highest BCUT2D eigenvalue weighted by atomic mass is 32.1. The highest BCUT2D eigenvalue weighted by molar-refractivity contribution is 7.13. The Morgan fingerprint density at radius 3 is 3.00 bits per heavy atom. The molecule has 0 amide bonds. The first-order valence-electron chi connectivity index (χ1n) is 6.02. The minimum absolute atomic E-state index is 0.250. The van der Waals surface area contributed by atoms with Crippen molar-refractivity contribution in [2.24, 2.45) is 0 Å². The van der Waals surface area contributed by atoms with Gasteiger partial charge in [-0.2, -0.15) is 0 Å². The van der Waals surface area contributed by atoms with Crippen LogP contribution in [0, 0.1) is 0 Å². The molecule has 0 bridgehead atoms. The van der Waals surface area contributed by atoms with E-state index < -0.39 is 0 Å². The summed E-state index contributed by atoms with van der Waals surface area (Å²) < 4.78 is 10.1. The number of esters is 1. The number of anilines is 1. The van der Waals surface area contributed by atoms with Crippen LogP contribution in [0.5, 0.6) is 0 Å². The molecule has 5 nitrogen and oxygen atoms in total. The van der Waals surface area contributed by atoms with Gasteiger partial charge < -0.3 is 14.4 Å². The standard InChI is InChI=1S/C12H18N2O3S/c1-4-8-5-9(16-2)6-14(8)12-13-10(7-18-12)11(15)17-3/h7-9H,4-6H2,1-3H3/t8-,9-/m0/s1. The minimum atomic E-state index is -0.381. The molecule has 1 aromatic rings. The Bertz CT molecular complexity index is 421. The molecule has 1 aliphatic rings. The highest BCUT2D eigenvalue weighted by Gasteiger charge is 2.32. The molecule has 1 saturated heterocycles. The van der Waals surface area contributed by atoms with Gasteiger partial charge in [0.1, 0.15) is 0 Å². The predicted octanol–water partition coefficient (Wildman–Crippen LogP) is 1.93. The summed E-state index contributed by atoms with van der Waals surface area (Å²) in [6.07, 6.45) is 2.31. The molecular weight excluding hydrogens is 252 g/mol. The number of hydrogen-bond acceptors (Lipinski definition) is 6. The molecule has 0 aromatic carbocycles. The van der Waals surface area contributed by atoms with Gasteiger partial charge in [0, 0.05) is 25.1 Å². The summed E-state index contributed by atoms with van der Waals surface area (Å²) in [5.41, 5.74) is 0.383. The summed E-state index contributed by atoms with van der Waals surface area (Å²) >= 11 is 1.48. The molecule has 2 atom stereocenters. The largest absolute Gasteiger partial charge is 0.464 e. The molecule has 2 rings (SSSR count). The van der Waals surface area contributed by atoms with Gasteiger partial charge in [0.25, 0.3) is 0 Å². The second-order valence-electron chi connectivity index (χ2n) is 4.31. The fourth-order valence-electron chi connectivity index (χ4n) is 2.26. The van der Waals surface area contributed by atoms with Crippen LogP contribution in [0.4, 0.5) is 5.13 Å². The molecule has 6 heteroatoms. The van der Waals surface area contributed by atoms with Crippen molar-refractivity contribution < 1.29 is 14.3 Å². The highest BCUT2D eigenvalue weighted by Crippen LogP contribution is 2.31. The summed E-state index contributed by atoms with van der Waals surface area (Å²) in [4.78, 5) is 18.0. The number of methoxy groups -OCH3 is 2. The Morgan fingerprint density at radius 1 is 1.61 bits per heavy atom. The summed E-state index contributed by atoms with van der Waals surface area (Å²) in [6.45, 7) is 2.99. The normalized spacial score (nSPS) is 23.4. The van der Waals surface area contributed by atoms with E-state index >= 15 is 0 Å². The molecule has 0 N–H and O–H groups in total. The van der Waals surface area contributed by atoms with E-state index in [0.29, 0.717) is 11.7 Å². The van der Waals surface area contributed by atoms with Crippen molar-refractivity contribution in [2.75, 3.05) is 25.7 Å². The van der Waals surface area contributed by atoms with Crippen LogP contribution in [0.1, 0.15) is 30.3 Å². The van der Waals surface area contributed by atoms with Crippen LogP contribution < -0.4 is 4.90 Å². The molecule has 1 aromatic heterocycles. The summed E-state index contributed by atoms with van der Waals surface area (Å²) in [5, 5.41) is 2.62. The Morgan fingerprint density at radius 2 is 2.39 bits per heavy atom. The Kier molecular flexibility index (Phi) is 4.19. The lowest BCUT2D eigenvalue weighted by atomic mass is 10.1. The maximum atomic E-state index is 11.4. The molecule has 0 spiro atoms. The van der Waals surface area contributed by atoms with Gasteiger partial charge >= 0.3 is 5.97 Å². The smallest absolute Gasteiger partial charge is 0.357 e. The van der Waals surface area contributed by atoms with Crippen LogP contribution in [0.15, 0.2) is 5.38 Å². The number of aromatic nitrogens is 1. The third kappa shape index (κ3) is 2.49. The van der Waals surface area contributed by atoms with Crippen LogP contribution >= 0.6 is 11.3 Å². The predicted molar refractivity (Wildman–Crippen MR) is 70.3 cm³/mol. The fraction of sp³-hybridized carbons (Fsp3) is 0.667. The zero-order valence-electron chi connectivity index (χ0n) is 10.9. The van der Waals surface area contributed by atoms with Crippen molar-refractivity contribution in [1.29, 1.82) is 0 Å². The quantitative estimate of drug-likeness (QED) is 0.783. The van der Waals surface area contributed by atoms with Crippen LogP contribution in [0.25, 0.3) is 0 Å². The first kappa shape index (κ1) is 13.3. The first-order chi connectivity index (χ1) is 8.69. The van der Waals surface area contributed by atoms with Gasteiger partial charge in [-0.25, -0.2) is 9.78 Å². The van der Waals surface area contributed by atoms with Crippen molar-refractivity contribution in [2.45, 2.75) is 31.9 Å². The number of thiazole rings is 1. The van der Waals surface area contributed by atoms with E-state index in [1.807, 2.05) is 0 Å².